The molecule has 1 spiro atoms. The number of nitrogens with one attached hydrogen (secondary N) is 1. The maximum atomic E-state index is 3.83. The van der Waals surface area contributed by atoms with Gasteiger partial charge in [-0.15, -0.1) is 0 Å². The van der Waals surface area contributed by atoms with E-state index in [4.69, 9.17) is 0 Å². The van der Waals surface area contributed by atoms with Crippen LogP contribution in [-0.2, 0) is 0 Å². The third-order valence-electron chi connectivity index (χ3n) is 4.75. The minimum atomic E-state index is 0.557. The van der Waals surface area contributed by atoms with Gasteiger partial charge in [0, 0.05) is 5.54 Å². The van der Waals surface area contributed by atoms with Gasteiger partial charge in [-0.2, -0.15) is 0 Å². The van der Waals surface area contributed by atoms with Gasteiger partial charge in [0.15, 0.2) is 0 Å². The summed E-state index contributed by atoms with van der Waals surface area (Å²) in [5.41, 5.74) is 0.557. The van der Waals surface area contributed by atoms with E-state index in [0.717, 1.165) is 11.8 Å². The quantitative estimate of drug-likeness (QED) is 0.694. The summed E-state index contributed by atoms with van der Waals surface area (Å²) in [5.74, 6) is 1.89. The van der Waals surface area contributed by atoms with Crippen molar-refractivity contribution in [2.45, 2.75) is 70.8 Å². The Balaban J connectivity index is 1.93. The van der Waals surface area contributed by atoms with Crippen molar-refractivity contribution in [2.24, 2.45) is 11.8 Å². The lowest BCUT2D eigenvalue weighted by Gasteiger charge is -2.38. The minimum Gasteiger partial charge on any atom is -0.311 e. The number of hydrogen-bond acceptors (Lipinski definition) is 1. The topological polar surface area (TPSA) is 12.0 Å². The summed E-state index contributed by atoms with van der Waals surface area (Å²) in [6.45, 7) is 6.07. The highest BCUT2D eigenvalue weighted by atomic mass is 15.0. The first-order valence-electron chi connectivity index (χ1n) is 6.97. The molecule has 15 heavy (non-hydrogen) atoms. The molecule has 2 rings (SSSR count). The van der Waals surface area contributed by atoms with Gasteiger partial charge in [-0.1, -0.05) is 33.1 Å². The van der Waals surface area contributed by atoms with Crippen LogP contribution in [0.4, 0.5) is 0 Å². The lowest BCUT2D eigenvalue weighted by molar-refractivity contribution is 0.218. The van der Waals surface area contributed by atoms with Crippen molar-refractivity contribution >= 4 is 0 Å². The van der Waals surface area contributed by atoms with Crippen LogP contribution in [0.15, 0.2) is 0 Å². The summed E-state index contributed by atoms with van der Waals surface area (Å²) < 4.78 is 0. The van der Waals surface area contributed by atoms with Gasteiger partial charge in [0.05, 0.1) is 0 Å². The second kappa shape index (κ2) is 4.86. The average Bonchev–Trinajstić information content (AvgIpc) is 2.43. The molecule has 1 saturated carbocycles. The fraction of sp³-hybridized carbons (Fsp3) is 1.00. The SMILES string of the molecule is CC(C)C1CCCC2(CCCCN2)CC1. The zero-order valence-electron chi connectivity index (χ0n) is 10.5. The van der Waals surface area contributed by atoms with Crippen molar-refractivity contribution in [3.63, 3.8) is 0 Å². The molecule has 2 aliphatic rings. The van der Waals surface area contributed by atoms with Gasteiger partial charge in [0.2, 0.25) is 0 Å². The standard InChI is InChI=1S/C14H27N/c1-12(2)13-6-5-9-14(10-7-13)8-3-4-11-15-14/h12-13,15H,3-11H2,1-2H3. The van der Waals surface area contributed by atoms with E-state index in [-0.39, 0.29) is 0 Å². The molecule has 0 amide bonds. The lowest BCUT2D eigenvalue weighted by atomic mass is 9.81. The van der Waals surface area contributed by atoms with Gasteiger partial charge in [0.1, 0.15) is 0 Å². The van der Waals surface area contributed by atoms with Crippen LogP contribution in [0.1, 0.15) is 65.2 Å². The van der Waals surface area contributed by atoms with E-state index >= 15 is 0 Å². The Morgan fingerprint density at radius 1 is 1.00 bits per heavy atom. The first-order chi connectivity index (χ1) is 7.22. The molecule has 1 aliphatic heterocycles. The third-order valence-corrected chi connectivity index (χ3v) is 4.75. The highest BCUT2D eigenvalue weighted by Crippen LogP contribution is 2.37. The van der Waals surface area contributed by atoms with Crippen molar-refractivity contribution in [1.29, 1.82) is 0 Å². The Kier molecular flexibility index (Phi) is 3.71. The Labute approximate surface area is 95.0 Å². The van der Waals surface area contributed by atoms with Gasteiger partial charge in [-0.05, 0) is 50.5 Å². The smallest absolute Gasteiger partial charge is 0.0181 e. The fourth-order valence-electron chi connectivity index (χ4n) is 3.56. The second-order valence-electron chi connectivity index (χ2n) is 6.10. The molecule has 0 radical (unpaired) electrons. The predicted molar refractivity (Wildman–Crippen MR) is 66.0 cm³/mol. The molecular weight excluding hydrogens is 182 g/mol. The Morgan fingerprint density at radius 3 is 2.47 bits per heavy atom. The predicted octanol–water partition coefficient (Wildman–Crippen LogP) is 3.74. The minimum absolute atomic E-state index is 0.557. The summed E-state index contributed by atoms with van der Waals surface area (Å²) in [5, 5.41) is 3.83. The number of hydrogen-bond donors (Lipinski definition) is 1. The monoisotopic (exact) mass is 209 g/mol. The van der Waals surface area contributed by atoms with Crippen LogP contribution in [0.3, 0.4) is 0 Å². The Bertz CT molecular complexity index is 192. The van der Waals surface area contributed by atoms with E-state index in [9.17, 15) is 0 Å². The molecule has 1 saturated heterocycles. The van der Waals surface area contributed by atoms with Crippen LogP contribution < -0.4 is 5.32 Å². The zero-order valence-corrected chi connectivity index (χ0v) is 10.5. The molecule has 0 aromatic rings. The van der Waals surface area contributed by atoms with Crippen molar-refractivity contribution in [1.82, 2.24) is 5.32 Å². The van der Waals surface area contributed by atoms with Gasteiger partial charge in [-0.25, -0.2) is 0 Å². The van der Waals surface area contributed by atoms with Gasteiger partial charge < -0.3 is 5.32 Å². The van der Waals surface area contributed by atoms with E-state index in [1.165, 1.54) is 57.9 Å². The summed E-state index contributed by atoms with van der Waals surface area (Å²) in [4.78, 5) is 0. The van der Waals surface area contributed by atoms with Crippen molar-refractivity contribution < 1.29 is 0 Å². The molecule has 0 aromatic carbocycles. The molecular formula is C14H27N. The normalized spacial score (nSPS) is 38.2. The van der Waals surface area contributed by atoms with E-state index in [0.29, 0.717) is 5.54 Å². The molecule has 88 valence electrons. The molecule has 1 nitrogen and oxygen atoms in total. The molecule has 2 atom stereocenters. The van der Waals surface area contributed by atoms with Gasteiger partial charge in [0.25, 0.3) is 0 Å². The van der Waals surface area contributed by atoms with Crippen LogP contribution in [-0.4, -0.2) is 12.1 Å². The summed E-state index contributed by atoms with van der Waals surface area (Å²) in [6, 6.07) is 0. The number of rotatable bonds is 1. The maximum Gasteiger partial charge on any atom is 0.0181 e. The van der Waals surface area contributed by atoms with Crippen LogP contribution >= 0.6 is 0 Å². The van der Waals surface area contributed by atoms with E-state index in [1.807, 2.05) is 0 Å². The van der Waals surface area contributed by atoms with Crippen LogP contribution in [0.25, 0.3) is 0 Å². The first kappa shape index (κ1) is 11.4. The number of piperidine rings is 1. The average molecular weight is 209 g/mol. The van der Waals surface area contributed by atoms with Crippen molar-refractivity contribution in [3.8, 4) is 0 Å². The van der Waals surface area contributed by atoms with E-state index < -0.39 is 0 Å². The molecule has 1 heteroatoms. The summed E-state index contributed by atoms with van der Waals surface area (Å²) in [6.07, 6.45) is 11.6. The van der Waals surface area contributed by atoms with Crippen molar-refractivity contribution in [2.75, 3.05) is 6.54 Å². The largest absolute Gasteiger partial charge is 0.311 e. The fourth-order valence-corrected chi connectivity index (χ4v) is 3.56. The maximum absolute atomic E-state index is 3.83. The molecule has 1 aliphatic carbocycles. The molecule has 2 unspecified atom stereocenters. The van der Waals surface area contributed by atoms with Crippen LogP contribution in [0.2, 0.25) is 0 Å². The Hall–Kier alpha value is -0.0400. The summed E-state index contributed by atoms with van der Waals surface area (Å²) >= 11 is 0. The molecule has 2 fully saturated rings. The zero-order chi connectivity index (χ0) is 10.7. The second-order valence-corrected chi connectivity index (χ2v) is 6.10. The van der Waals surface area contributed by atoms with E-state index in [1.54, 1.807) is 0 Å². The van der Waals surface area contributed by atoms with Crippen LogP contribution in [0.5, 0.6) is 0 Å². The third kappa shape index (κ3) is 2.75. The molecule has 1 N–H and O–H groups in total. The van der Waals surface area contributed by atoms with Gasteiger partial charge >= 0.3 is 0 Å². The van der Waals surface area contributed by atoms with Crippen LogP contribution in [0, 0.1) is 11.8 Å². The molecule has 1 heterocycles. The molecule has 0 bridgehead atoms. The highest BCUT2D eigenvalue weighted by molar-refractivity contribution is 4.93. The summed E-state index contributed by atoms with van der Waals surface area (Å²) in [7, 11) is 0. The van der Waals surface area contributed by atoms with Crippen molar-refractivity contribution in [3.05, 3.63) is 0 Å². The Morgan fingerprint density at radius 2 is 1.80 bits per heavy atom. The highest BCUT2D eigenvalue weighted by Gasteiger charge is 2.34. The lowest BCUT2D eigenvalue weighted by Crippen LogP contribution is -2.48. The van der Waals surface area contributed by atoms with E-state index in [2.05, 4.69) is 19.2 Å². The first-order valence-corrected chi connectivity index (χ1v) is 6.97. The molecule has 0 aromatic heterocycles. The van der Waals surface area contributed by atoms with Gasteiger partial charge in [-0.3, -0.25) is 0 Å².